The van der Waals surface area contributed by atoms with Gasteiger partial charge in [-0.2, -0.15) is 0 Å². The number of benzene rings is 3. The van der Waals surface area contributed by atoms with Crippen LogP contribution in [0.5, 0.6) is 0 Å². The molecule has 1 amide bonds. The zero-order chi connectivity index (χ0) is 21.3. The molecule has 0 fully saturated rings. The molecule has 0 aromatic heterocycles. The topological polar surface area (TPSA) is 72.5 Å². The van der Waals surface area contributed by atoms with Crippen LogP contribution in [0.25, 0.3) is 0 Å². The molecule has 5 nitrogen and oxygen atoms in total. The first-order valence-corrected chi connectivity index (χ1v) is 9.73. The fraction of sp³-hybridized carbons (Fsp3) is 0.160. The summed E-state index contributed by atoms with van der Waals surface area (Å²) in [6.07, 6.45) is 1.51. The van der Waals surface area contributed by atoms with Crippen LogP contribution in [0.4, 0.5) is 5.69 Å². The lowest BCUT2D eigenvalue weighted by molar-refractivity contribution is -0.114. The minimum absolute atomic E-state index is 0.186. The summed E-state index contributed by atoms with van der Waals surface area (Å²) >= 11 is 0. The number of ether oxygens (including phenoxy) is 1. The quantitative estimate of drug-likeness (QED) is 0.446. The lowest BCUT2D eigenvalue weighted by Crippen LogP contribution is -2.16. The van der Waals surface area contributed by atoms with Crippen LogP contribution in [0.3, 0.4) is 0 Å². The van der Waals surface area contributed by atoms with Gasteiger partial charge in [-0.15, -0.1) is 0 Å². The second-order valence-electron chi connectivity index (χ2n) is 6.90. The van der Waals surface area contributed by atoms with E-state index in [0.717, 1.165) is 12.0 Å². The van der Waals surface area contributed by atoms with Crippen LogP contribution in [0.1, 0.15) is 38.8 Å². The molecule has 3 aromatic carbocycles. The number of nitrogens with one attached hydrogen (secondary N) is 1. The SMILES string of the molecule is CC(=O)Nc1ccc(C(=O)COC(=O)c2ccccc2CCc2ccccc2)cc1. The molecule has 0 aliphatic heterocycles. The van der Waals surface area contributed by atoms with E-state index in [1.807, 2.05) is 30.3 Å². The number of rotatable bonds is 8. The highest BCUT2D eigenvalue weighted by Crippen LogP contribution is 2.15. The highest BCUT2D eigenvalue weighted by molar-refractivity contribution is 6.00. The van der Waals surface area contributed by atoms with Crippen molar-refractivity contribution in [3.63, 3.8) is 0 Å². The molecule has 0 heterocycles. The molecule has 0 spiro atoms. The fourth-order valence-corrected chi connectivity index (χ4v) is 3.10. The normalized spacial score (nSPS) is 10.3. The van der Waals surface area contributed by atoms with Crippen LogP contribution >= 0.6 is 0 Å². The van der Waals surface area contributed by atoms with Gasteiger partial charge in [0.15, 0.2) is 12.4 Å². The summed E-state index contributed by atoms with van der Waals surface area (Å²) in [7, 11) is 0. The van der Waals surface area contributed by atoms with Crippen LogP contribution in [-0.4, -0.2) is 24.3 Å². The Balaban J connectivity index is 1.59. The molecule has 0 atom stereocenters. The van der Waals surface area contributed by atoms with Crippen molar-refractivity contribution in [1.82, 2.24) is 0 Å². The molecule has 152 valence electrons. The van der Waals surface area contributed by atoms with E-state index in [2.05, 4.69) is 17.4 Å². The highest BCUT2D eigenvalue weighted by Gasteiger charge is 2.15. The van der Waals surface area contributed by atoms with Gasteiger partial charge in [0.05, 0.1) is 5.56 Å². The molecule has 0 aliphatic rings. The molecule has 0 radical (unpaired) electrons. The summed E-state index contributed by atoms with van der Waals surface area (Å²) in [6, 6.07) is 23.8. The maximum absolute atomic E-state index is 12.6. The van der Waals surface area contributed by atoms with Gasteiger partial charge in [0, 0.05) is 18.2 Å². The zero-order valence-electron chi connectivity index (χ0n) is 16.8. The summed E-state index contributed by atoms with van der Waals surface area (Å²) in [5, 5.41) is 2.64. The summed E-state index contributed by atoms with van der Waals surface area (Å²) < 4.78 is 5.27. The third kappa shape index (κ3) is 5.88. The Morgan fingerprint density at radius 2 is 1.47 bits per heavy atom. The van der Waals surface area contributed by atoms with Crippen molar-refractivity contribution in [3.8, 4) is 0 Å². The zero-order valence-corrected chi connectivity index (χ0v) is 16.8. The van der Waals surface area contributed by atoms with E-state index in [4.69, 9.17) is 4.74 Å². The van der Waals surface area contributed by atoms with Crippen LogP contribution in [0.2, 0.25) is 0 Å². The number of hydrogen-bond donors (Lipinski definition) is 1. The average Bonchev–Trinajstić information content (AvgIpc) is 2.77. The molecule has 0 bridgehead atoms. The van der Waals surface area contributed by atoms with E-state index in [-0.39, 0.29) is 18.3 Å². The third-order valence-corrected chi connectivity index (χ3v) is 4.62. The van der Waals surface area contributed by atoms with Gasteiger partial charge in [-0.1, -0.05) is 48.5 Å². The number of aryl methyl sites for hydroxylation is 2. The van der Waals surface area contributed by atoms with E-state index < -0.39 is 5.97 Å². The first-order valence-electron chi connectivity index (χ1n) is 9.73. The lowest BCUT2D eigenvalue weighted by Gasteiger charge is -2.10. The maximum Gasteiger partial charge on any atom is 0.338 e. The van der Waals surface area contributed by atoms with Crippen LogP contribution < -0.4 is 5.32 Å². The summed E-state index contributed by atoms with van der Waals surface area (Å²) in [6.45, 7) is 1.07. The molecular weight excluding hydrogens is 378 g/mol. The molecule has 5 heteroatoms. The Morgan fingerprint density at radius 3 is 2.17 bits per heavy atom. The maximum atomic E-state index is 12.6. The van der Waals surface area contributed by atoms with Gasteiger partial charge in [-0.05, 0) is 54.3 Å². The van der Waals surface area contributed by atoms with Crippen LogP contribution in [0.15, 0.2) is 78.9 Å². The van der Waals surface area contributed by atoms with Crippen molar-refractivity contribution in [3.05, 3.63) is 101 Å². The number of carbonyl (C=O) groups is 3. The van der Waals surface area contributed by atoms with Gasteiger partial charge in [0.1, 0.15) is 0 Å². The first-order chi connectivity index (χ1) is 14.5. The number of Topliss-reactive ketones (excluding diaryl/α,β-unsaturated/α-hetero) is 1. The van der Waals surface area contributed by atoms with Gasteiger partial charge < -0.3 is 10.1 Å². The Labute approximate surface area is 175 Å². The van der Waals surface area contributed by atoms with E-state index in [9.17, 15) is 14.4 Å². The van der Waals surface area contributed by atoms with Crippen LogP contribution in [-0.2, 0) is 22.4 Å². The molecule has 0 aliphatic carbocycles. The largest absolute Gasteiger partial charge is 0.454 e. The predicted octanol–water partition coefficient (Wildman–Crippen LogP) is 4.47. The number of hydrogen-bond acceptors (Lipinski definition) is 4. The second-order valence-corrected chi connectivity index (χ2v) is 6.90. The smallest absolute Gasteiger partial charge is 0.338 e. The summed E-state index contributed by atoms with van der Waals surface area (Å²) in [5.74, 6) is -1.00. The molecule has 0 saturated carbocycles. The van der Waals surface area contributed by atoms with Gasteiger partial charge >= 0.3 is 5.97 Å². The number of ketones is 1. The van der Waals surface area contributed by atoms with E-state index >= 15 is 0 Å². The van der Waals surface area contributed by atoms with Crippen molar-refractivity contribution < 1.29 is 19.1 Å². The van der Waals surface area contributed by atoms with Crippen molar-refractivity contribution in [1.29, 1.82) is 0 Å². The van der Waals surface area contributed by atoms with Gasteiger partial charge in [-0.3, -0.25) is 9.59 Å². The molecule has 3 rings (SSSR count). The molecular formula is C25H23NO4. The second kappa shape index (κ2) is 10.2. The predicted molar refractivity (Wildman–Crippen MR) is 116 cm³/mol. The van der Waals surface area contributed by atoms with E-state index in [0.29, 0.717) is 23.2 Å². The standard InChI is InChI=1S/C25H23NO4/c1-18(27)26-22-15-13-21(14-16-22)24(28)17-30-25(29)23-10-6-5-9-20(23)12-11-19-7-3-2-4-8-19/h2-10,13-16H,11-12,17H2,1H3,(H,26,27). The fourth-order valence-electron chi connectivity index (χ4n) is 3.10. The molecule has 3 aromatic rings. The lowest BCUT2D eigenvalue weighted by atomic mass is 10.00. The number of amides is 1. The van der Waals surface area contributed by atoms with Gasteiger partial charge in [0.25, 0.3) is 0 Å². The number of anilines is 1. The molecule has 0 unspecified atom stereocenters. The van der Waals surface area contributed by atoms with Crippen molar-refractivity contribution in [2.24, 2.45) is 0 Å². The molecule has 0 saturated heterocycles. The van der Waals surface area contributed by atoms with Gasteiger partial charge in [-0.25, -0.2) is 4.79 Å². The minimum atomic E-state index is -0.512. The molecule has 30 heavy (non-hydrogen) atoms. The van der Waals surface area contributed by atoms with Crippen molar-refractivity contribution >= 4 is 23.3 Å². The molecule has 1 N–H and O–H groups in total. The van der Waals surface area contributed by atoms with Crippen LogP contribution in [0, 0.1) is 0 Å². The Morgan fingerprint density at radius 1 is 0.800 bits per heavy atom. The van der Waals surface area contributed by atoms with Crippen molar-refractivity contribution in [2.45, 2.75) is 19.8 Å². The van der Waals surface area contributed by atoms with E-state index in [1.54, 1.807) is 36.4 Å². The first kappa shape index (κ1) is 21.0. The van der Waals surface area contributed by atoms with E-state index in [1.165, 1.54) is 12.5 Å². The Bertz CT molecular complexity index is 1030. The Kier molecular flexibility index (Phi) is 7.11. The third-order valence-electron chi connectivity index (χ3n) is 4.62. The Hall–Kier alpha value is -3.73. The van der Waals surface area contributed by atoms with Crippen molar-refractivity contribution in [2.75, 3.05) is 11.9 Å². The summed E-state index contributed by atoms with van der Waals surface area (Å²) in [4.78, 5) is 36.0. The van der Waals surface area contributed by atoms with Gasteiger partial charge in [0.2, 0.25) is 5.91 Å². The summed E-state index contributed by atoms with van der Waals surface area (Å²) in [5.41, 5.74) is 3.57. The highest BCUT2D eigenvalue weighted by atomic mass is 16.5. The number of carbonyl (C=O) groups excluding carboxylic acids is 3. The number of esters is 1. The minimum Gasteiger partial charge on any atom is -0.454 e. The monoisotopic (exact) mass is 401 g/mol. The average molecular weight is 401 g/mol.